The van der Waals surface area contributed by atoms with Gasteiger partial charge in [0.2, 0.25) is 0 Å². The zero-order valence-electron chi connectivity index (χ0n) is 12.5. The molecule has 0 heterocycles. The lowest BCUT2D eigenvalue weighted by Crippen LogP contribution is -2.08. The summed E-state index contributed by atoms with van der Waals surface area (Å²) in [6.07, 6.45) is 13.2. The van der Waals surface area contributed by atoms with Crippen molar-refractivity contribution in [3.63, 3.8) is 0 Å². The number of hydrogen-bond donors (Lipinski definition) is 2. The molecule has 2 unspecified atom stereocenters. The zero-order valence-corrected chi connectivity index (χ0v) is 12.5. The average Bonchev–Trinajstić information content (AvgIpc) is 2.38. The molecule has 0 bridgehead atoms. The third-order valence-corrected chi connectivity index (χ3v) is 3.69. The summed E-state index contributed by atoms with van der Waals surface area (Å²) in [5, 5.41) is 19.2. The summed E-state index contributed by atoms with van der Waals surface area (Å²) >= 11 is 0. The Morgan fingerprint density at radius 1 is 0.611 bits per heavy atom. The van der Waals surface area contributed by atoms with Crippen LogP contribution >= 0.6 is 0 Å². The van der Waals surface area contributed by atoms with Crippen molar-refractivity contribution in [3.8, 4) is 0 Å². The maximum Gasteiger partial charge on any atom is 0.0540 e. The first-order valence-electron chi connectivity index (χ1n) is 8.06. The van der Waals surface area contributed by atoms with Crippen molar-refractivity contribution in [2.45, 2.75) is 103 Å². The second-order valence-electron chi connectivity index (χ2n) is 5.56. The van der Waals surface area contributed by atoms with Gasteiger partial charge in [0.1, 0.15) is 0 Å². The molecule has 18 heavy (non-hydrogen) atoms. The maximum atomic E-state index is 9.81. The Kier molecular flexibility index (Phi) is 13.3. The van der Waals surface area contributed by atoms with Crippen molar-refractivity contribution < 1.29 is 10.2 Å². The van der Waals surface area contributed by atoms with Gasteiger partial charge >= 0.3 is 0 Å². The van der Waals surface area contributed by atoms with Crippen molar-refractivity contribution in [3.05, 3.63) is 0 Å². The summed E-state index contributed by atoms with van der Waals surface area (Å²) in [5.74, 6) is 0. The Balaban J connectivity index is 3.19. The van der Waals surface area contributed by atoms with E-state index in [-0.39, 0.29) is 12.2 Å². The Hall–Kier alpha value is -0.0800. The largest absolute Gasteiger partial charge is 0.393 e. The minimum Gasteiger partial charge on any atom is -0.393 e. The van der Waals surface area contributed by atoms with E-state index in [9.17, 15) is 10.2 Å². The van der Waals surface area contributed by atoms with Crippen LogP contribution in [-0.4, -0.2) is 22.4 Å². The van der Waals surface area contributed by atoms with Gasteiger partial charge in [-0.05, 0) is 25.7 Å². The second-order valence-corrected chi connectivity index (χ2v) is 5.56. The number of rotatable bonds is 13. The molecule has 2 nitrogen and oxygen atoms in total. The lowest BCUT2D eigenvalue weighted by molar-refractivity contribution is 0.135. The highest BCUT2D eigenvalue weighted by molar-refractivity contribution is 4.59. The molecule has 0 aromatic carbocycles. The highest BCUT2D eigenvalue weighted by Crippen LogP contribution is 2.13. The quantitative estimate of drug-likeness (QED) is 0.480. The summed E-state index contributed by atoms with van der Waals surface area (Å²) < 4.78 is 0. The first-order chi connectivity index (χ1) is 8.70. The molecule has 0 saturated heterocycles. The molecule has 2 N–H and O–H groups in total. The van der Waals surface area contributed by atoms with E-state index in [4.69, 9.17) is 0 Å². The molecule has 0 aliphatic rings. The predicted octanol–water partition coefficient (Wildman–Crippen LogP) is 4.43. The van der Waals surface area contributed by atoms with E-state index >= 15 is 0 Å². The van der Waals surface area contributed by atoms with Gasteiger partial charge in [0.25, 0.3) is 0 Å². The van der Waals surface area contributed by atoms with Crippen LogP contribution in [0.15, 0.2) is 0 Å². The number of unbranched alkanes of at least 4 members (excludes halogenated alkanes) is 6. The van der Waals surface area contributed by atoms with Crippen LogP contribution in [0.25, 0.3) is 0 Å². The third kappa shape index (κ3) is 12.4. The fraction of sp³-hybridized carbons (Fsp3) is 1.00. The minimum absolute atomic E-state index is 0.116. The van der Waals surface area contributed by atoms with Crippen molar-refractivity contribution >= 4 is 0 Å². The normalized spacial score (nSPS) is 14.7. The summed E-state index contributed by atoms with van der Waals surface area (Å²) in [4.78, 5) is 0. The van der Waals surface area contributed by atoms with Gasteiger partial charge in [-0.25, -0.2) is 0 Å². The maximum absolute atomic E-state index is 9.81. The highest BCUT2D eigenvalue weighted by atomic mass is 16.3. The van der Waals surface area contributed by atoms with Crippen LogP contribution in [0, 0.1) is 0 Å². The molecule has 0 aromatic rings. The molecule has 0 aliphatic heterocycles. The lowest BCUT2D eigenvalue weighted by Gasteiger charge is -2.11. The first kappa shape index (κ1) is 17.9. The molecule has 110 valence electrons. The summed E-state index contributed by atoms with van der Waals surface area (Å²) in [6, 6.07) is 0. The van der Waals surface area contributed by atoms with Gasteiger partial charge in [-0.15, -0.1) is 0 Å². The van der Waals surface area contributed by atoms with Crippen LogP contribution in [0.4, 0.5) is 0 Å². The van der Waals surface area contributed by atoms with Crippen molar-refractivity contribution in [1.82, 2.24) is 0 Å². The molecule has 2 atom stereocenters. The topological polar surface area (TPSA) is 40.5 Å². The van der Waals surface area contributed by atoms with Gasteiger partial charge < -0.3 is 10.2 Å². The fourth-order valence-electron chi connectivity index (χ4n) is 2.27. The van der Waals surface area contributed by atoms with Crippen LogP contribution in [-0.2, 0) is 0 Å². The van der Waals surface area contributed by atoms with E-state index in [2.05, 4.69) is 6.92 Å². The molecule has 0 saturated carbocycles. The van der Waals surface area contributed by atoms with E-state index in [1.54, 1.807) is 0 Å². The van der Waals surface area contributed by atoms with E-state index in [0.29, 0.717) is 0 Å². The molecular formula is C16H34O2. The Morgan fingerprint density at radius 3 is 1.61 bits per heavy atom. The van der Waals surface area contributed by atoms with Crippen LogP contribution in [0.3, 0.4) is 0 Å². The van der Waals surface area contributed by atoms with Crippen molar-refractivity contribution in [2.24, 2.45) is 0 Å². The zero-order chi connectivity index (χ0) is 13.6. The van der Waals surface area contributed by atoms with E-state index in [1.165, 1.54) is 38.5 Å². The summed E-state index contributed by atoms with van der Waals surface area (Å²) in [5.41, 5.74) is 0. The van der Waals surface area contributed by atoms with E-state index in [0.717, 1.165) is 38.5 Å². The fourth-order valence-corrected chi connectivity index (χ4v) is 2.27. The van der Waals surface area contributed by atoms with Crippen LogP contribution in [0.5, 0.6) is 0 Å². The molecule has 0 aliphatic carbocycles. The SMILES string of the molecule is CCCCCCCCC(O)CCCCC(O)CC. The summed E-state index contributed by atoms with van der Waals surface area (Å²) in [7, 11) is 0. The third-order valence-electron chi connectivity index (χ3n) is 3.69. The molecule has 0 spiro atoms. The van der Waals surface area contributed by atoms with Gasteiger partial charge in [-0.3, -0.25) is 0 Å². The standard InChI is InChI=1S/C16H34O2/c1-3-5-6-7-8-9-13-16(18)14-11-10-12-15(17)4-2/h15-18H,3-14H2,1-2H3. The van der Waals surface area contributed by atoms with Crippen LogP contribution in [0.1, 0.15) is 90.9 Å². The van der Waals surface area contributed by atoms with Gasteiger partial charge in [-0.2, -0.15) is 0 Å². The predicted molar refractivity (Wildman–Crippen MR) is 78.8 cm³/mol. The van der Waals surface area contributed by atoms with Gasteiger partial charge in [0.05, 0.1) is 12.2 Å². The average molecular weight is 258 g/mol. The molecule has 2 heteroatoms. The highest BCUT2D eigenvalue weighted by Gasteiger charge is 2.05. The van der Waals surface area contributed by atoms with Gasteiger partial charge in [0.15, 0.2) is 0 Å². The smallest absolute Gasteiger partial charge is 0.0540 e. The summed E-state index contributed by atoms with van der Waals surface area (Å²) in [6.45, 7) is 4.25. The Morgan fingerprint density at radius 2 is 1.06 bits per heavy atom. The number of aliphatic hydroxyl groups excluding tert-OH is 2. The number of hydrogen-bond acceptors (Lipinski definition) is 2. The van der Waals surface area contributed by atoms with Crippen molar-refractivity contribution in [1.29, 1.82) is 0 Å². The molecule has 0 fully saturated rings. The van der Waals surface area contributed by atoms with Crippen LogP contribution in [0.2, 0.25) is 0 Å². The molecule has 0 rings (SSSR count). The Labute approximate surface area is 114 Å². The van der Waals surface area contributed by atoms with Crippen LogP contribution < -0.4 is 0 Å². The number of aliphatic hydroxyl groups is 2. The minimum atomic E-state index is -0.138. The first-order valence-corrected chi connectivity index (χ1v) is 8.06. The molecular weight excluding hydrogens is 224 g/mol. The lowest BCUT2D eigenvalue weighted by atomic mass is 10.0. The second kappa shape index (κ2) is 13.4. The Bertz CT molecular complexity index is 159. The monoisotopic (exact) mass is 258 g/mol. The van der Waals surface area contributed by atoms with E-state index in [1.807, 2.05) is 6.92 Å². The van der Waals surface area contributed by atoms with E-state index < -0.39 is 0 Å². The van der Waals surface area contributed by atoms with Gasteiger partial charge in [-0.1, -0.05) is 65.2 Å². The van der Waals surface area contributed by atoms with Gasteiger partial charge in [0, 0.05) is 0 Å². The molecule has 0 aromatic heterocycles. The molecule has 0 radical (unpaired) electrons. The van der Waals surface area contributed by atoms with Crippen molar-refractivity contribution in [2.75, 3.05) is 0 Å². The molecule has 0 amide bonds.